The Balaban J connectivity index is 2.16. The van der Waals surface area contributed by atoms with Gasteiger partial charge in [-0.05, 0) is 38.1 Å². The van der Waals surface area contributed by atoms with Gasteiger partial charge >= 0.3 is 0 Å². The van der Waals surface area contributed by atoms with E-state index in [2.05, 4.69) is 21.6 Å². The van der Waals surface area contributed by atoms with Crippen LogP contribution in [0.25, 0.3) is 0 Å². The van der Waals surface area contributed by atoms with Crippen molar-refractivity contribution >= 4 is 0 Å². The monoisotopic (exact) mass is 217 g/mol. The molecule has 0 radical (unpaired) electrons. The van der Waals surface area contributed by atoms with E-state index in [1.54, 1.807) is 0 Å². The Labute approximate surface area is 97.3 Å². The van der Waals surface area contributed by atoms with E-state index in [1.165, 1.54) is 25.7 Å². The maximum Gasteiger partial charge on any atom is 0.138 e. The molecule has 0 amide bonds. The summed E-state index contributed by atoms with van der Waals surface area (Å²) in [7, 11) is 2.01. The Morgan fingerprint density at radius 1 is 1.25 bits per heavy atom. The van der Waals surface area contributed by atoms with E-state index in [0.29, 0.717) is 0 Å². The summed E-state index contributed by atoms with van der Waals surface area (Å²) >= 11 is 0. The molecule has 0 saturated carbocycles. The van der Waals surface area contributed by atoms with Gasteiger partial charge in [0, 0.05) is 18.9 Å². The standard InChI is InChI=1S/C13H19N3/c1-15-8-6-7-12(15)13(11-14)16-9-4-2-3-5-10-16/h6-8,13H,2-5,9-10H2,1H3/t13-/m1/s1. The van der Waals surface area contributed by atoms with Gasteiger partial charge in [0.25, 0.3) is 0 Å². The molecule has 0 N–H and O–H groups in total. The maximum atomic E-state index is 9.36. The summed E-state index contributed by atoms with van der Waals surface area (Å²) in [5, 5.41) is 9.36. The number of likely N-dealkylation sites (tertiary alicyclic amines) is 1. The van der Waals surface area contributed by atoms with Crippen LogP contribution in [0.5, 0.6) is 0 Å². The molecule has 0 spiro atoms. The van der Waals surface area contributed by atoms with E-state index in [1.807, 2.05) is 19.3 Å². The number of nitriles is 1. The summed E-state index contributed by atoms with van der Waals surface area (Å²) < 4.78 is 2.05. The van der Waals surface area contributed by atoms with Gasteiger partial charge in [0.2, 0.25) is 0 Å². The summed E-state index contributed by atoms with van der Waals surface area (Å²) in [6.45, 7) is 2.12. The molecule has 16 heavy (non-hydrogen) atoms. The maximum absolute atomic E-state index is 9.36. The number of aromatic nitrogens is 1. The second-order valence-electron chi connectivity index (χ2n) is 4.53. The molecule has 1 aromatic rings. The first-order valence-electron chi connectivity index (χ1n) is 6.08. The summed E-state index contributed by atoms with van der Waals surface area (Å²) in [4.78, 5) is 2.32. The molecule has 0 aromatic carbocycles. The van der Waals surface area contributed by atoms with E-state index < -0.39 is 0 Å². The third kappa shape index (κ3) is 2.28. The third-order valence-corrected chi connectivity index (χ3v) is 3.39. The number of aryl methyl sites for hydroxylation is 1. The van der Waals surface area contributed by atoms with Crippen LogP contribution >= 0.6 is 0 Å². The molecule has 1 aliphatic rings. The quantitative estimate of drug-likeness (QED) is 0.762. The van der Waals surface area contributed by atoms with Gasteiger partial charge in [-0.15, -0.1) is 0 Å². The zero-order valence-electron chi connectivity index (χ0n) is 9.89. The van der Waals surface area contributed by atoms with Crippen molar-refractivity contribution in [3.05, 3.63) is 24.0 Å². The number of rotatable bonds is 2. The van der Waals surface area contributed by atoms with Crippen LogP contribution in [0.3, 0.4) is 0 Å². The Bertz CT molecular complexity index is 367. The highest BCUT2D eigenvalue weighted by atomic mass is 15.2. The molecule has 86 valence electrons. The van der Waals surface area contributed by atoms with Gasteiger partial charge in [-0.25, -0.2) is 0 Å². The lowest BCUT2D eigenvalue weighted by molar-refractivity contribution is 0.239. The highest BCUT2D eigenvalue weighted by Crippen LogP contribution is 2.23. The first-order valence-corrected chi connectivity index (χ1v) is 6.08. The molecule has 1 aromatic heterocycles. The van der Waals surface area contributed by atoms with Crippen molar-refractivity contribution in [3.8, 4) is 6.07 Å². The molecule has 0 bridgehead atoms. The largest absolute Gasteiger partial charge is 0.352 e. The molecule has 2 rings (SSSR count). The molecule has 2 heterocycles. The second kappa shape index (κ2) is 5.18. The summed E-state index contributed by atoms with van der Waals surface area (Å²) in [5.41, 5.74) is 1.12. The lowest BCUT2D eigenvalue weighted by Gasteiger charge is -2.25. The average molecular weight is 217 g/mol. The Kier molecular flexibility index (Phi) is 3.63. The van der Waals surface area contributed by atoms with Crippen LogP contribution in [0.1, 0.15) is 37.4 Å². The summed E-state index contributed by atoms with van der Waals surface area (Å²) in [6, 6.07) is 6.44. The molecule has 1 saturated heterocycles. The lowest BCUT2D eigenvalue weighted by Crippen LogP contribution is -2.30. The zero-order chi connectivity index (χ0) is 11.4. The van der Waals surface area contributed by atoms with E-state index in [9.17, 15) is 5.26 Å². The molecule has 0 unspecified atom stereocenters. The van der Waals surface area contributed by atoms with Gasteiger partial charge in [0.15, 0.2) is 0 Å². The molecule has 3 nitrogen and oxygen atoms in total. The number of hydrogen-bond acceptors (Lipinski definition) is 2. The van der Waals surface area contributed by atoms with E-state index in [4.69, 9.17) is 0 Å². The van der Waals surface area contributed by atoms with Crippen LogP contribution in [0.2, 0.25) is 0 Å². The fourth-order valence-corrected chi connectivity index (χ4v) is 2.45. The Hall–Kier alpha value is -1.27. The van der Waals surface area contributed by atoms with E-state index in [-0.39, 0.29) is 6.04 Å². The van der Waals surface area contributed by atoms with Gasteiger partial charge < -0.3 is 4.57 Å². The molecular formula is C13H19N3. The Morgan fingerprint density at radius 3 is 2.44 bits per heavy atom. The highest BCUT2D eigenvalue weighted by molar-refractivity contribution is 5.18. The zero-order valence-corrected chi connectivity index (χ0v) is 9.89. The van der Waals surface area contributed by atoms with Gasteiger partial charge in [-0.2, -0.15) is 5.26 Å². The summed E-state index contributed by atoms with van der Waals surface area (Å²) in [6.07, 6.45) is 7.08. The minimum absolute atomic E-state index is 0.0712. The van der Waals surface area contributed by atoms with Crippen LogP contribution in [-0.2, 0) is 7.05 Å². The van der Waals surface area contributed by atoms with Crippen LogP contribution in [0.15, 0.2) is 18.3 Å². The first-order chi connectivity index (χ1) is 7.83. The smallest absolute Gasteiger partial charge is 0.138 e. The van der Waals surface area contributed by atoms with Crippen molar-refractivity contribution in [2.75, 3.05) is 13.1 Å². The van der Waals surface area contributed by atoms with Crippen molar-refractivity contribution in [2.45, 2.75) is 31.7 Å². The van der Waals surface area contributed by atoms with Crippen LogP contribution in [0, 0.1) is 11.3 Å². The van der Waals surface area contributed by atoms with E-state index in [0.717, 1.165) is 18.8 Å². The van der Waals surface area contributed by atoms with Crippen molar-refractivity contribution in [1.82, 2.24) is 9.47 Å². The second-order valence-corrected chi connectivity index (χ2v) is 4.53. The third-order valence-electron chi connectivity index (χ3n) is 3.39. The fourth-order valence-electron chi connectivity index (χ4n) is 2.45. The van der Waals surface area contributed by atoms with Crippen LogP contribution in [-0.4, -0.2) is 22.6 Å². The molecule has 1 fully saturated rings. The van der Waals surface area contributed by atoms with Crippen molar-refractivity contribution < 1.29 is 0 Å². The molecule has 1 atom stereocenters. The van der Waals surface area contributed by atoms with Crippen LogP contribution in [0.4, 0.5) is 0 Å². The van der Waals surface area contributed by atoms with Crippen LogP contribution < -0.4 is 0 Å². The number of hydrogen-bond donors (Lipinski definition) is 0. The SMILES string of the molecule is Cn1cccc1[C@@H](C#N)N1CCCCCC1. The van der Waals surface area contributed by atoms with Gasteiger partial charge in [0.05, 0.1) is 6.07 Å². The molecular weight excluding hydrogens is 198 g/mol. The van der Waals surface area contributed by atoms with Gasteiger partial charge in [-0.3, -0.25) is 4.90 Å². The highest BCUT2D eigenvalue weighted by Gasteiger charge is 2.22. The first kappa shape index (κ1) is 11.2. The minimum atomic E-state index is -0.0712. The topological polar surface area (TPSA) is 32.0 Å². The molecule has 3 heteroatoms. The molecule has 1 aliphatic heterocycles. The van der Waals surface area contributed by atoms with Crippen molar-refractivity contribution in [2.24, 2.45) is 7.05 Å². The predicted octanol–water partition coefficient (Wildman–Crippen LogP) is 2.47. The van der Waals surface area contributed by atoms with Crippen molar-refractivity contribution in [1.29, 1.82) is 5.26 Å². The minimum Gasteiger partial charge on any atom is -0.352 e. The fraction of sp³-hybridized carbons (Fsp3) is 0.615. The molecule has 0 aliphatic carbocycles. The lowest BCUT2D eigenvalue weighted by atomic mass is 10.2. The Morgan fingerprint density at radius 2 is 1.94 bits per heavy atom. The number of nitrogens with zero attached hydrogens (tertiary/aromatic N) is 3. The normalized spacial score (nSPS) is 20.0. The summed E-state index contributed by atoms with van der Waals surface area (Å²) in [5.74, 6) is 0. The van der Waals surface area contributed by atoms with Crippen molar-refractivity contribution in [3.63, 3.8) is 0 Å². The predicted molar refractivity (Wildman–Crippen MR) is 63.8 cm³/mol. The van der Waals surface area contributed by atoms with Gasteiger partial charge in [0.1, 0.15) is 6.04 Å². The van der Waals surface area contributed by atoms with Gasteiger partial charge in [-0.1, -0.05) is 12.8 Å². The van der Waals surface area contributed by atoms with E-state index >= 15 is 0 Å². The average Bonchev–Trinajstić information content (AvgIpc) is 2.57.